The van der Waals surface area contributed by atoms with Crippen molar-refractivity contribution in [1.82, 2.24) is 4.98 Å². The predicted octanol–water partition coefficient (Wildman–Crippen LogP) is 6.98. The molecule has 0 bridgehead atoms. The molecular formula is C23H21F4N7. The minimum absolute atomic E-state index is 0.0220. The van der Waals surface area contributed by atoms with Crippen molar-refractivity contribution in [2.45, 2.75) is 26.4 Å². The maximum atomic E-state index is 13.4. The molecule has 0 aliphatic heterocycles. The van der Waals surface area contributed by atoms with Crippen molar-refractivity contribution in [3.05, 3.63) is 65.0 Å². The minimum Gasteiger partial charge on any atom is -0.385 e. The Bertz CT molecular complexity index is 1250. The Morgan fingerprint density at radius 2 is 1.76 bits per heavy atom. The zero-order chi connectivity index (χ0) is 24.9. The van der Waals surface area contributed by atoms with Gasteiger partial charge >= 0.3 is 6.18 Å². The third-order valence-corrected chi connectivity index (χ3v) is 4.80. The highest BCUT2D eigenvalue weighted by atomic mass is 19.4. The molecule has 11 heteroatoms. The van der Waals surface area contributed by atoms with Gasteiger partial charge in [-0.2, -0.15) is 18.4 Å². The number of nitrogens with two attached hydrogens (primary N) is 1. The van der Waals surface area contributed by atoms with Crippen LogP contribution in [0, 0.1) is 24.1 Å². The summed E-state index contributed by atoms with van der Waals surface area (Å²) in [6.07, 6.45) is -3.87. The number of aromatic nitrogens is 1. The molecule has 0 fully saturated rings. The van der Waals surface area contributed by atoms with Crippen molar-refractivity contribution in [2.75, 3.05) is 22.9 Å². The van der Waals surface area contributed by atoms with Crippen LogP contribution >= 0.6 is 0 Å². The van der Waals surface area contributed by atoms with E-state index in [9.17, 15) is 22.8 Å². The van der Waals surface area contributed by atoms with Crippen molar-refractivity contribution < 1.29 is 17.6 Å². The van der Waals surface area contributed by atoms with Crippen LogP contribution in [0.2, 0.25) is 0 Å². The van der Waals surface area contributed by atoms with Crippen LogP contribution in [0.3, 0.4) is 0 Å². The van der Waals surface area contributed by atoms with E-state index >= 15 is 0 Å². The average molecular weight is 471 g/mol. The molecule has 2 aromatic carbocycles. The quantitative estimate of drug-likeness (QED) is 0.254. The van der Waals surface area contributed by atoms with Gasteiger partial charge in [0.25, 0.3) is 0 Å². The van der Waals surface area contributed by atoms with Crippen molar-refractivity contribution in [3.8, 4) is 6.07 Å². The molecule has 0 saturated carbocycles. The third kappa shape index (κ3) is 5.58. The maximum Gasteiger partial charge on any atom is 0.418 e. The molecule has 0 atom stereocenters. The number of nitrogens with one attached hydrogen (secondary N) is 2. The van der Waals surface area contributed by atoms with E-state index in [0.29, 0.717) is 11.8 Å². The second-order valence-electron chi connectivity index (χ2n) is 7.29. The summed E-state index contributed by atoms with van der Waals surface area (Å²) in [7, 11) is 0. The van der Waals surface area contributed by atoms with Gasteiger partial charge in [-0.15, -0.1) is 10.2 Å². The number of hydrogen-bond acceptors (Lipinski definition) is 7. The largest absolute Gasteiger partial charge is 0.418 e. The molecule has 4 N–H and O–H groups in total. The highest BCUT2D eigenvalue weighted by Crippen LogP contribution is 2.39. The minimum atomic E-state index is -4.84. The van der Waals surface area contributed by atoms with E-state index in [0.717, 1.165) is 30.8 Å². The number of nitrogen functional groups attached to an aromatic ring is 1. The fourth-order valence-corrected chi connectivity index (χ4v) is 3.07. The summed E-state index contributed by atoms with van der Waals surface area (Å²) in [5.41, 5.74) is 5.87. The van der Waals surface area contributed by atoms with Crippen molar-refractivity contribution >= 4 is 34.4 Å². The number of hydrogen-bond donors (Lipinski definition) is 3. The van der Waals surface area contributed by atoms with E-state index in [1.807, 2.05) is 25.1 Å². The molecule has 1 aromatic heterocycles. The first kappa shape index (κ1) is 24.4. The van der Waals surface area contributed by atoms with Crippen LogP contribution in [0.4, 0.5) is 51.9 Å². The zero-order valence-corrected chi connectivity index (χ0v) is 18.3. The Kier molecular flexibility index (Phi) is 7.31. The second-order valence-corrected chi connectivity index (χ2v) is 7.29. The van der Waals surface area contributed by atoms with Crippen LogP contribution in [0.25, 0.3) is 0 Å². The lowest BCUT2D eigenvalue weighted by Gasteiger charge is -2.14. The van der Waals surface area contributed by atoms with E-state index in [4.69, 9.17) is 5.73 Å². The van der Waals surface area contributed by atoms with Gasteiger partial charge < -0.3 is 16.4 Å². The number of azo groups is 1. The van der Waals surface area contributed by atoms with Gasteiger partial charge in [-0.3, -0.25) is 0 Å². The molecule has 0 spiro atoms. The highest BCUT2D eigenvalue weighted by Gasteiger charge is 2.34. The molecule has 3 rings (SSSR count). The first-order chi connectivity index (χ1) is 16.1. The first-order valence-corrected chi connectivity index (χ1v) is 10.2. The maximum absolute atomic E-state index is 13.4. The number of benzene rings is 2. The summed E-state index contributed by atoms with van der Waals surface area (Å²) < 4.78 is 53.4. The van der Waals surface area contributed by atoms with Gasteiger partial charge in [0, 0.05) is 23.5 Å². The lowest BCUT2D eigenvalue weighted by atomic mass is 10.1. The molecule has 0 unspecified atom stereocenters. The topological polar surface area (TPSA) is 111 Å². The SMILES string of the molecule is CCCNc1ccc(Nc2nc(N)c(C#N)c(C)c2N=Nc2ccc(F)cc2C(F)(F)F)cc1. The molecule has 0 aliphatic carbocycles. The number of alkyl halides is 3. The van der Waals surface area contributed by atoms with Crippen LogP contribution in [0.1, 0.15) is 30.0 Å². The molecule has 0 saturated heterocycles. The summed E-state index contributed by atoms with van der Waals surface area (Å²) in [5, 5.41) is 23.3. The number of pyridine rings is 1. The Morgan fingerprint density at radius 3 is 2.38 bits per heavy atom. The summed E-state index contributed by atoms with van der Waals surface area (Å²) in [4.78, 5) is 4.16. The summed E-state index contributed by atoms with van der Waals surface area (Å²) >= 11 is 0. The monoisotopic (exact) mass is 471 g/mol. The predicted molar refractivity (Wildman–Crippen MR) is 122 cm³/mol. The van der Waals surface area contributed by atoms with Gasteiger partial charge in [0.15, 0.2) is 5.82 Å². The number of halogens is 4. The Morgan fingerprint density at radius 1 is 1.09 bits per heavy atom. The van der Waals surface area contributed by atoms with Crippen molar-refractivity contribution in [2.24, 2.45) is 10.2 Å². The normalized spacial score (nSPS) is 11.4. The average Bonchev–Trinajstić information content (AvgIpc) is 2.78. The van der Waals surface area contributed by atoms with Crippen LogP contribution in [0.5, 0.6) is 0 Å². The Labute approximate surface area is 193 Å². The molecule has 0 aliphatic rings. The van der Waals surface area contributed by atoms with Crippen LogP contribution in [-0.2, 0) is 6.18 Å². The van der Waals surface area contributed by atoms with E-state index in [1.54, 1.807) is 12.1 Å². The third-order valence-electron chi connectivity index (χ3n) is 4.80. The van der Waals surface area contributed by atoms with Gasteiger partial charge in [0.2, 0.25) is 0 Å². The van der Waals surface area contributed by atoms with E-state index in [-0.39, 0.29) is 28.5 Å². The van der Waals surface area contributed by atoms with Crippen LogP contribution in [0.15, 0.2) is 52.7 Å². The lowest BCUT2D eigenvalue weighted by molar-refractivity contribution is -0.137. The number of rotatable bonds is 7. The van der Waals surface area contributed by atoms with E-state index < -0.39 is 23.2 Å². The standard InChI is InChI=1S/C23H21F4N7/c1-3-10-30-15-5-7-16(8-6-15)31-22-20(13(2)17(12-28)21(29)32-22)34-33-19-9-4-14(24)11-18(19)23(25,26)27/h4-9,11,30H,3,10H2,1-2H3,(H3,29,31,32). The molecule has 34 heavy (non-hydrogen) atoms. The smallest absolute Gasteiger partial charge is 0.385 e. The van der Waals surface area contributed by atoms with E-state index in [2.05, 4.69) is 25.8 Å². The van der Waals surface area contributed by atoms with Crippen molar-refractivity contribution in [1.29, 1.82) is 5.26 Å². The highest BCUT2D eigenvalue weighted by molar-refractivity contribution is 5.77. The molecule has 176 valence electrons. The molecule has 1 heterocycles. The molecular weight excluding hydrogens is 450 g/mol. The van der Waals surface area contributed by atoms with Gasteiger partial charge in [-0.05, 0) is 55.8 Å². The van der Waals surface area contributed by atoms with Gasteiger partial charge in [-0.1, -0.05) is 6.92 Å². The fourth-order valence-electron chi connectivity index (χ4n) is 3.07. The summed E-state index contributed by atoms with van der Waals surface area (Å²) in [5.74, 6) is -1.02. The summed E-state index contributed by atoms with van der Waals surface area (Å²) in [6, 6.07) is 11.2. The first-order valence-electron chi connectivity index (χ1n) is 10.2. The van der Waals surface area contributed by atoms with Gasteiger partial charge in [0.05, 0.1) is 16.8 Å². The molecule has 3 aromatic rings. The molecule has 0 radical (unpaired) electrons. The second kappa shape index (κ2) is 10.2. The lowest BCUT2D eigenvalue weighted by Crippen LogP contribution is -2.05. The summed E-state index contributed by atoms with van der Waals surface area (Å²) in [6.45, 7) is 4.39. The van der Waals surface area contributed by atoms with Gasteiger partial charge in [-0.25, -0.2) is 9.37 Å². The zero-order valence-electron chi connectivity index (χ0n) is 18.3. The Balaban J connectivity index is 2.03. The number of nitriles is 1. The Hall–Kier alpha value is -4.20. The molecule has 7 nitrogen and oxygen atoms in total. The molecule has 0 amide bonds. The number of nitrogens with zero attached hydrogens (tertiary/aromatic N) is 4. The van der Waals surface area contributed by atoms with Crippen LogP contribution in [-0.4, -0.2) is 11.5 Å². The van der Waals surface area contributed by atoms with Crippen LogP contribution < -0.4 is 16.4 Å². The fraction of sp³-hybridized carbons (Fsp3) is 0.217. The van der Waals surface area contributed by atoms with Gasteiger partial charge in [0.1, 0.15) is 23.4 Å². The van der Waals surface area contributed by atoms with E-state index in [1.165, 1.54) is 6.92 Å². The van der Waals surface area contributed by atoms with Crippen molar-refractivity contribution in [3.63, 3.8) is 0 Å². The number of anilines is 4.